The van der Waals surface area contributed by atoms with Crippen molar-refractivity contribution in [3.8, 4) is 0 Å². The van der Waals surface area contributed by atoms with Crippen molar-refractivity contribution in [3.05, 3.63) is 54.3 Å². The molecule has 2 saturated carbocycles. The Bertz CT molecular complexity index is 1050. The van der Waals surface area contributed by atoms with Crippen molar-refractivity contribution < 1.29 is 18.4 Å². The Morgan fingerprint density at radius 2 is 1.86 bits per heavy atom. The van der Waals surface area contributed by atoms with Crippen LogP contribution >= 0.6 is 0 Å². The van der Waals surface area contributed by atoms with Gasteiger partial charge in [-0.2, -0.15) is 10.2 Å². The number of nitrogens with zero attached hydrogens (tertiary/aromatic N) is 3. The molecule has 1 aliphatic heterocycles. The molecular weight excluding hydrogens is 450 g/mol. The normalized spacial score (nSPS) is 32.3. The second-order valence-corrected chi connectivity index (χ2v) is 10.6. The van der Waals surface area contributed by atoms with Crippen molar-refractivity contribution in [1.82, 2.24) is 10.2 Å². The summed E-state index contributed by atoms with van der Waals surface area (Å²) in [5, 5.41) is 10.6. The molecule has 35 heavy (non-hydrogen) atoms. The molecule has 4 rings (SSSR count). The van der Waals surface area contributed by atoms with E-state index >= 15 is 0 Å². The Labute approximate surface area is 205 Å². The molecule has 3 fully saturated rings. The smallest absolute Gasteiger partial charge is 0.229 e. The molecule has 8 heteroatoms. The molecule has 2 amide bonds. The van der Waals surface area contributed by atoms with E-state index in [9.17, 15) is 18.4 Å². The number of fused-ring (bicyclic) bond motifs is 1. The first-order valence-electron chi connectivity index (χ1n) is 12.3. The number of hydrogen-bond acceptors (Lipinski definition) is 4. The van der Waals surface area contributed by atoms with Gasteiger partial charge in [-0.25, -0.2) is 8.78 Å². The predicted molar refractivity (Wildman–Crippen MR) is 130 cm³/mol. The zero-order chi connectivity index (χ0) is 25.5. The Morgan fingerprint density at radius 3 is 2.40 bits per heavy atom. The number of amides is 2. The number of hydrogen-bond donors (Lipinski definition) is 1. The van der Waals surface area contributed by atoms with Gasteiger partial charge in [-0.05, 0) is 54.6 Å². The van der Waals surface area contributed by atoms with Crippen molar-refractivity contribution >= 4 is 17.5 Å². The highest BCUT2D eigenvalue weighted by Crippen LogP contribution is 2.56. The average molecular weight is 485 g/mol. The molecule has 1 aromatic rings. The van der Waals surface area contributed by atoms with Crippen LogP contribution in [0, 0.1) is 52.6 Å². The highest BCUT2D eigenvalue weighted by Gasteiger charge is 2.62. The molecule has 0 spiro atoms. The fraction of sp³-hybridized carbons (Fsp3) is 0.556. The van der Waals surface area contributed by atoms with E-state index in [4.69, 9.17) is 0 Å². The summed E-state index contributed by atoms with van der Waals surface area (Å²) >= 11 is 0. The lowest BCUT2D eigenvalue weighted by molar-refractivity contribution is -0.143. The van der Waals surface area contributed by atoms with Crippen molar-refractivity contribution in [3.63, 3.8) is 0 Å². The number of halogens is 2. The van der Waals surface area contributed by atoms with Gasteiger partial charge in [-0.1, -0.05) is 39.5 Å². The monoisotopic (exact) mass is 484 g/mol. The van der Waals surface area contributed by atoms with Crippen LogP contribution in [0.3, 0.4) is 0 Å². The Hall–Kier alpha value is -2.90. The summed E-state index contributed by atoms with van der Waals surface area (Å²) in [4.78, 5) is 27.8. The van der Waals surface area contributed by atoms with Crippen LogP contribution in [0.4, 0.5) is 8.78 Å². The van der Waals surface area contributed by atoms with Crippen molar-refractivity contribution in [2.75, 3.05) is 20.1 Å². The SMILES string of the molecule is C=C/N=N\C(=C/C1[C@H](C(C)C)CC[C@]1(C)C(=O)N1C[C@@H]2[C@H](C1)[C@@H]2C(=O)NC)c1c(F)cccc1F. The van der Waals surface area contributed by atoms with Crippen LogP contribution < -0.4 is 5.32 Å². The number of benzene rings is 1. The number of nitrogens with one attached hydrogen (secondary N) is 1. The molecule has 1 N–H and O–H groups in total. The molecule has 3 aliphatic rings. The van der Waals surface area contributed by atoms with E-state index in [-0.39, 0.29) is 58.6 Å². The summed E-state index contributed by atoms with van der Waals surface area (Å²) in [5.41, 5.74) is -0.926. The number of carbonyl (C=O) groups excluding carboxylic acids is 2. The summed E-state index contributed by atoms with van der Waals surface area (Å²) in [7, 11) is 1.64. The fourth-order valence-corrected chi connectivity index (χ4v) is 6.38. The molecule has 2 aliphatic carbocycles. The molecule has 188 valence electrons. The first kappa shape index (κ1) is 25.2. The van der Waals surface area contributed by atoms with Crippen LogP contribution in [0.1, 0.15) is 39.2 Å². The summed E-state index contributed by atoms with van der Waals surface area (Å²) in [6.07, 6.45) is 4.46. The maximum atomic E-state index is 14.7. The van der Waals surface area contributed by atoms with E-state index in [0.29, 0.717) is 19.5 Å². The minimum Gasteiger partial charge on any atom is -0.359 e. The lowest BCUT2D eigenvalue weighted by Crippen LogP contribution is -2.45. The van der Waals surface area contributed by atoms with E-state index in [1.807, 2.05) is 11.8 Å². The van der Waals surface area contributed by atoms with Gasteiger partial charge in [0.15, 0.2) is 0 Å². The van der Waals surface area contributed by atoms with Crippen LogP contribution in [0.15, 0.2) is 47.3 Å². The van der Waals surface area contributed by atoms with E-state index in [1.165, 1.54) is 24.4 Å². The summed E-state index contributed by atoms with van der Waals surface area (Å²) in [6.45, 7) is 10.8. The van der Waals surface area contributed by atoms with Crippen LogP contribution in [0.2, 0.25) is 0 Å². The molecular formula is C27H34F2N4O2. The van der Waals surface area contributed by atoms with Gasteiger partial charge >= 0.3 is 0 Å². The van der Waals surface area contributed by atoms with Gasteiger partial charge < -0.3 is 10.2 Å². The van der Waals surface area contributed by atoms with Gasteiger partial charge in [0.2, 0.25) is 11.8 Å². The van der Waals surface area contributed by atoms with Crippen LogP contribution in [-0.4, -0.2) is 36.9 Å². The second-order valence-electron chi connectivity index (χ2n) is 10.6. The quantitative estimate of drug-likeness (QED) is 0.551. The topological polar surface area (TPSA) is 74.1 Å². The van der Waals surface area contributed by atoms with E-state index in [2.05, 4.69) is 36.0 Å². The van der Waals surface area contributed by atoms with Crippen molar-refractivity contribution in [1.29, 1.82) is 0 Å². The van der Waals surface area contributed by atoms with Crippen LogP contribution in [-0.2, 0) is 9.59 Å². The Kier molecular flexibility index (Phi) is 6.93. The number of azo groups is 1. The van der Waals surface area contributed by atoms with Crippen molar-refractivity contribution in [2.45, 2.75) is 33.6 Å². The van der Waals surface area contributed by atoms with Gasteiger partial charge in [-0.15, -0.1) is 0 Å². The van der Waals surface area contributed by atoms with E-state index in [0.717, 1.165) is 6.42 Å². The minimum atomic E-state index is -0.745. The van der Waals surface area contributed by atoms with Gasteiger partial charge in [-0.3, -0.25) is 9.59 Å². The number of likely N-dealkylation sites (tertiary alicyclic amines) is 1. The molecule has 1 heterocycles. The van der Waals surface area contributed by atoms with Crippen molar-refractivity contribution in [2.24, 2.45) is 51.2 Å². The zero-order valence-electron chi connectivity index (χ0n) is 20.8. The lowest BCUT2D eigenvalue weighted by Gasteiger charge is -2.36. The Morgan fingerprint density at radius 1 is 1.23 bits per heavy atom. The van der Waals surface area contributed by atoms with Gasteiger partial charge in [0, 0.05) is 32.3 Å². The van der Waals surface area contributed by atoms with Gasteiger partial charge in [0.1, 0.15) is 11.6 Å². The second kappa shape index (κ2) is 9.63. The first-order valence-corrected chi connectivity index (χ1v) is 12.3. The Balaban J connectivity index is 1.68. The summed E-state index contributed by atoms with van der Waals surface area (Å²) < 4.78 is 29.4. The van der Waals surface area contributed by atoms with Gasteiger partial charge in [0.05, 0.1) is 16.7 Å². The van der Waals surface area contributed by atoms with Crippen LogP contribution in [0.25, 0.3) is 5.70 Å². The third-order valence-electron chi connectivity index (χ3n) is 8.37. The molecule has 6 atom stereocenters. The summed E-state index contributed by atoms with van der Waals surface area (Å²) in [6, 6.07) is 3.68. The highest BCUT2D eigenvalue weighted by atomic mass is 19.1. The predicted octanol–water partition coefficient (Wildman–Crippen LogP) is 5.04. The lowest BCUT2D eigenvalue weighted by atomic mass is 9.72. The largest absolute Gasteiger partial charge is 0.359 e. The van der Waals surface area contributed by atoms with Crippen LogP contribution in [0.5, 0.6) is 0 Å². The third-order valence-corrected chi connectivity index (χ3v) is 8.37. The summed E-state index contributed by atoms with van der Waals surface area (Å²) in [5.74, 6) is -0.831. The van der Waals surface area contributed by atoms with E-state index < -0.39 is 17.0 Å². The molecule has 0 radical (unpaired) electrons. The average Bonchev–Trinajstić information content (AvgIpc) is 3.13. The van der Waals surface area contributed by atoms with Gasteiger partial charge in [0.25, 0.3) is 0 Å². The molecule has 0 aromatic heterocycles. The number of carbonyl (C=O) groups is 2. The number of allylic oxidation sites excluding steroid dienone is 1. The molecule has 6 nitrogen and oxygen atoms in total. The molecule has 0 bridgehead atoms. The first-order chi connectivity index (χ1) is 16.6. The maximum Gasteiger partial charge on any atom is 0.229 e. The molecule has 1 saturated heterocycles. The molecule has 1 aromatic carbocycles. The van der Waals surface area contributed by atoms with E-state index in [1.54, 1.807) is 13.1 Å². The minimum absolute atomic E-state index is 0.00510. The standard InChI is InChI=1S/C27H34F2N4O2/c1-6-31-32-22(24-20(28)8-7-9-21(24)29)12-19-16(15(2)3)10-11-27(19,4)26(35)33-13-17-18(14-33)23(17)25(34)30-5/h6-9,12,15-19,23H,1,10-11,13-14H2,2-5H3,(H,30,34)/b22-12-,32-31-/t16-,17-,18+,19?,23-,27-/m0/s1. The maximum absolute atomic E-state index is 14.7. The highest BCUT2D eigenvalue weighted by molar-refractivity contribution is 5.86. The molecule has 1 unspecified atom stereocenters. The third kappa shape index (κ3) is 4.43. The number of piperidine rings is 1. The number of rotatable bonds is 7. The zero-order valence-corrected chi connectivity index (χ0v) is 20.8. The fourth-order valence-electron chi connectivity index (χ4n) is 6.38.